The van der Waals surface area contributed by atoms with Gasteiger partial charge in [-0.3, -0.25) is 9.59 Å². The van der Waals surface area contributed by atoms with Crippen molar-refractivity contribution in [2.75, 3.05) is 18.6 Å². The molecule has 0 aliphatic heterocycles. The molecule has 0 aliphatic rings. The Morgan fingerprint density at radius 1 is 0.911 bits per heavy atom. The van der Waals surface area contributed by atoms with E-state index in [9.17, 15) is 19.2 Å². The fourth-order valence-electron chi connectivity index (χ4n) is 4.58. The second-order valence-electron chi connectivity index (χ2n) is 12.9. The van der Waals surface area contributed by atoms with Gasteiger partial charge in [0.2, 0.25) is 11.8 Å². The van der Waals surface area contributed by atoms with E-state index >= 15 is 0 Å². The third-order valence-corrected chi connectivity index (χ3v) is 7.06. The van der Waals surface area contributed by atoms with Gasteiger partial charge in [-0.25, -0.2) is 9.59 Å². The van der Waals surface area contributed by atoms with Crippen molar-refractivity contribution in [3.8, 4) is 0 Å². The molecule has 2 rings (SSSR count). The van der Waals surface area contributed by atoms with Crippen molar-refractivity contribution in [3.05, 3.63) is 83.9 Å². The monoisotopic (exact) mass is 639 g/mol. The Hall–Kier alpha value is -3.79. The van der Waals surface area contributed by atoms with E-state index in [0.29, 0.717) is 17.7 Å². The van der Waals surface area contributed by atoms with Crippen LogP contribution in [0.3, 0.4) is 0 Å². The molecule has 0 radical (unpaired) electrons. The van der Waals surface area contributed by atoms with E-state index < -0.39 is 53.2 Å². The number of benzene rings is 2. The van der Waals surface area contributed by atoms with Gasteiger partial charge in [0, 0.05) is 13.0 Å². The molecule has 45 heavy (non-hydrogen) atoms. The number of rotatable bonds is 14. The van der Waals surface area contributed by atoms with E-state index in [1.165, 1.54) is 22.7 Å². The van der Waals surface area contributed by atoms with Crippen LogP contribution < -0.4 is 10.6 Å². The number of alkyl carbamates (subject to hydrolysis) is 1. The summed E-state index contributed by atoms with van der Waals surface area (Å²) in [5, 5.41) is 5.61. The van der Waals surface area contributed by atoms with Crippen molar-refractivity contribution in [3.63, 3.8) is 0 Å². The highest BCUT2D eigenvalue weighted by Gasteiger charge is 2.38. The number of carbonyl (C=O) groups excluding carboxylic acids is 4. The van der Waals surface area contributed by atoms with Crippen LogP contribution in [-0.2, 0) is 30.3 Å². The number of ether oxygens (including phenoxy) is 2. The summed E-state index contributed by atoms with van der Waals surface area (Å²) in [5.74, 6) is -1.06. The highest BCUT2D eigenvalue weighted by atomic mass is 32.2. The van der Waals surface area contributed by atoms with Crippen molar-refractivity contribution < 1.29 is 28.7 Å². The predicted molar refractivity (Wildman–Crippen MR) is 180 cm³/mol. The Morgan fingerprint density at radius 2 is 1.56 bits per heavy atom. The summed E-state index contributed by atoms with van der Waals surface area (Å²) in [6.07, 6.45) is 3.20. The van der Waals surface area contributed by atoms with E-state index in [-0.39, 0.29) is 13.0 Å². The lowest BCUT2D eigenvalue weighted by atomic mass is 9.99. The number of hydrogen-bond donors (Lipinski definition) is 2. The molecule has 0 saturated carbocycles. The Kier molecular flexibility index (Phi) is 14.2. The molecule has 3 unspecified atom stereocenters. The van der Waals surface area contributed by atoms with E-state index in [0.717, 1.165) is 11.1 Å². The Labute approximate surface area is 272 Å². The molecule has 9 nitrogen and oxygen atoms in total. The van der Waals surface area contributed by atoms with Crippen LogP contribution in [-0.4, -0.2) is 70.6 Å². The molecule has 0 saturated heterocycles. The molecule has 0 aromatic heterocycles. The van der Waals surface area contributed by atoms with E-state index in [1.807, 2.05) is 55.6 Å². The summed E-state index contributed by atoms with van der Waals surface area (Å²) in [5.41, 5.74) is 0.715. The summed E-state index contributed by atoms with van der Waals surface area (Å²) < 4.78 is 11.1. The van der Waals surface area contributed by atoms with E-state index in [2.05, 4.69) is 17.2 Å². The molecule has 2 aromatic carbocycles. The van der Waals surface area contributed by atoms with Crippen LogP contribution in [0.25, 0.3) is 0 Å². The second-order valence-corrected chi connectivity index (χ2v) is 13.8. The van der Waals surface area contributed by atoms with Crippen LogP contribution >= 0.6 is 11.8 Å². The van der Waals surface area contributed by atoms with Gasteiger partial charge in [-0.2, -0.15) is 11.8 Å². The van der Waals surface area contributed by atoms with Gasteiger partial charge >= 0.3 is 12.1 Å². The number of aryl methyl sites for hydroxylation is 1. The van der Waals surface area contributed by atoms with Crippen LogP contribution in [0.2, 0.25) is 0 Å². The average Bonchev–Trinajstić information content (AvgIpc) is 2.93. The number of esters is 1. The van der Waals surface area contributed by atoms with Gasteiger partial charge in [0.25, 0.3) is 0 Å². The van der Waals surface area contributed by atoms with Crippen molar-refractivity contribution in [1.29, 1.82) is 0 Å². The van der Waals surface area contributed by atoms with Crippen molar-refractivity contribution >= 4 is 35.6 Å². The maximum Gasteiger partial charge on any atom is 0.408 e. The highest BCUT2D eigenvalue weighted by molar-refractivity contribution is 7.98. The Balaban J connectivity index is 2.56. The molecule has 3 atom stereocenters. The molecule has 10 heteroatoms. The maximum absolute atomic E-state index is 14.3. The van der Waals surface area contributed by atoms with Gasteiger partial charge in [-0.15, -0.1) is 6.58 Å². The average molecular weight is 640 g/mol. The molecule has 0 aliphatic carbocycles. The molecule has 2 N–H and O–H groups in total. The number of hydrogen-bond acceptors (Lipinski definition) is 7. The standard InChI is InChI=1S/C35H49N3O6S/c1-10-20-38(31(40)27(19-21-45-9)37-33(42)44-35(6,7)8)29(26-18-14-15-24(2)22-26)30(39)36-28(32(41)43-34(3,4)5)23-25-16-12-11-13-17-25/h10-18,22,27-29H,1,19-21,23H2,2-9H3,(H,36,39)(H,37,42). The zero-order valence-corrected chi connectivity index (χ0v) is 28.7. The third kappa shape index (κ3) is 13.0. The molecule has 0 fully saturated rings. The topological polar surface area (TPSA) is 114 Å². The number of nitrogens with zero attached hydrogens (tertiary/aromatic N) is 1. The van der Waals surface area contributed by atoms with Crippen LogP contribution in [0.1, 0.15) is 70.7 Å². The van der Waals surface area contributed by atoms with Crippen molar-refractivity contribution in [2.45, 2.75) is 90.6 Å². The summed E-state index contributed by atoms with van der Waals surface area (Å²) in [6.45, 7) is 16.2. The smallest absolute Gasteiger partial charge is 0.408 e. The SMILES string of the molecule is C=CCN(C(=O)C(CCSC)NC(=O)OC(C)(C)C)C(C(=O)NC(Cc1ccccc1)C(=O)OC(C)(C)C)c1cccc(C)c1. The van der Waals surface area contributed by atoms with E-state index in [1.54, 1.807) is 53.7 Å². The molecular weight excluding hydrogens is 590 g/mol. The van der Waals surface area contributed by atoms with Crippen LogP contribution in [0.5, 0.6) is 0 Å². The quantitative estimate of drug-likeness (QED) is 0.199. The van der Waals surface area contributed by atoms with Crippen molar-refractivity contribution in [2.24, 2.45) is 0 Å². The van der Waals surface area contributed by atoms with Gasteiger partial charge < -0.3 is 25.0 Å². The first-order chi connectivity index (χ1) is 21.0. The fraction of sp³-hybridized carbons (Fsp3) is 0.486. The van der Waals surface area contributed by atoms with Gasteiger partial charge in [-0.05, 0) is 78.0 Å². The Morgan fingerprint density at radius 3 is 2.11 bits per heavy atom. The van der Waals surface area contributed by atoms with Gasteiger partial charge in [-0.1, -0.05) is 66.2 Å². The van der Waals surface area contributed by atoms with Crippen molar-refractivity contribution in [1.82, 2.24) is 15.5 Å². The van der Waals surface area contributed by atoms with Gasteiger partial charge in [0.1, 0.15) is 29.3 Å². The molecule has 3 amide bonds. The largest absolute Gasteiger partial charge is 0.458 e. The molecule has 0 heterocycles. The lowest BCUT2D eigenvalue weighted by Gasteiger charge is -2.35. The molecular formula is C35H49N3O6S. The maximum atomic E-state index is 14.3. The number of nitrogens with one attached hydrogen (secondary N) is 2. The zero-order valence-electron chi connectivity index (χ0n) is 27.8. The second kappa shape index (κ2) is 17.1. The first kappa shape index (κ1) is 37.4. The minimum Gasteiger partial charge on any atom is -0.458 e. The van der Waals surface area contributed by atoms with Crippen LogP contribution in [0, 0.1) is 6.92 Å². The molecule has 2 aromatic rings. The third-order valence-electron chi connectivity index (χ3n) is 6.42. The van der Waals surface area contributed by atoms with Crippen LogP contribution in [0.15, 0.2) is 67.3 Å². The minimum atomic E-state index is -1.15. The van der Waals surface area contributed by atoms with Crippen LogP contribution in [0.4, 0.5) is 4.79 Å². The molecule has 0 spiro atoms. The molecule has 246 valence electrons. The summed E-state index contributed by atoms with van der Waals surface area (Å²) in [6, 6.07) is 13.5. The first-order valence-corrected chi connectivity index (χ1v) is 16.5. The summed E-state index contributed by atoms with van der Waals surface area (Å²) in [4.78, 5) is 56.2. The number of amides is 3. The summed E-state index contributed by atoms with van der Waals surface area (Å²) in [7, 11) is 0. The van der Waals surface area contributed by atoms with E-state index in [4.69, 9.17) is 9.47 Å². The first-order valence-electron chi connectivity index (χ1n) is 15.1. The predicted octanol–water partition coefficient (Wildman–Crippen LogP) is 5.77. The van der Waals surface area contributed by atoms with Gasteiger partial charge in [0.15, 0.2) is 0 Å². The zero-order chi connectivity index (χ0) is 33.8. The fourth-order valence-corrected chi connectivity index (χ4v) is 5.06. The minimum absolute atomic E-state index is 0.00637. The Bertz CT molecular complexity index is 1300. The number of carbonyl (C=O) groups is 4. The summed E-state index contributed by atoms with van der Waals surface area (Å²) >= 11 is 1.53. The lowest BCUT2D eigenvalue weighted by Crippen LogP contribution is -2.55. The lowest BCUT2D eigenvalue weighted by molar-refractivity contribution is -0.159. The van der Waals surface area contributed by atoms with Gasteiger partial charge in [0.05, 0.1) is 0 Å². The molecule has 0 bridgehead atoms. The number of thioether (sulfide) groups is 1. The normalized spacial score (nSPS) is 13.5. The highest BCUT2D eigenvalue weighted by Crippen LogP contribution is 2.25.